The van der Waals surface area contributed by atoms with Gasteiger partial charge in [0, 0.05) is 10.9 Å². The number of carbonyl (C=O) groups excluding carboxylic acids is 2. The van der Waals surface area contributed by atoms with Gasteiger partial charge in [-0.1, -0.05) is 66.7 Å². The Kier molecular flexibility index (Phi) is 6.57. The summed E-state index contributed by atoms with van der Waals surface area (Å²) in [6.07, 6.45) is 0. The molecule has 3 aromatic carbocycles. The van der Waals surface area contributed by atoms with Crippen molar-refractivity contribution in [2.24, 2.45) is 0 Å². The predicted molar refractivity (Wildman–Crippen MR) is 125 cm³/mol. The van der Waals surface area contributed by atoms with E-state index in [0.717, 1.165) is 22.4 Å². The number of para-hydroxylation sites is 1. The van der Waals surface area contributed by atoms with Crippen LogP contribution >= 0.6 is 11.3 Å². The molecule has 1 heterocycles. The molecule has 0 spiro atoms. The van der Waals surface area contributed by atoms with E-state index in [1.165, 1.54) is 18.4 Å². The van der Waals surface area contributed by atoms with Crippen molar-refractivity contribution >= 4 is 28.3 Å². The average molecular weight is 445 g/mol. The minimum atomic E-state index is -0.629. The quantitative estimate of drug-likeness (QED) is 0.392. The van der Waals surface area contributed by atoms with Crippen molar-refractivity contribution in [1.29, 1.82) is 0 Å². The lowest BCUT2D eigenvalue weighted by Gasteiger charge is -2.08. The van der Waals surface area contributed by atoms with E-state index >= 15 is 0 Å². The van der Waals surface area contributed by atoms with Crippen LogP contribution in [-0.4, -0.2) is 30.6 Å². The molecule has 4 rings (SSSR count). The third-order valence-corrected chi connectivity index (χ3v) is 5.46. The maximum Gasteiger partial charge on any atom is 0.342 e. The van der Waals surface area contributed by atoms with E-state index in [4.69, 9.17) is 9.47 Å². The molecule has 32 heavy (non-hydrogen) atoms. The highest BCUT2D eigenvalue weighted by atomic mass is 32.1. The van der Waals surface area contributed by atoms with E-state index in [-0.39, 0.29) is 5.56 Å². The van der Waals surface area contributed by atoms with Gasteiger partial charge in [0.1, 0.15) is 11.3 Å². The molecule has 0 fully saturated rings. The number of hydrogen-bond donors (Lipinski definition) is 1. The number of nitrogens with zero attached hydrogens (tertiary/aromatic N) is 1. The number of carbonyl (C=O) groups is 2. The zero-order valence-electron chi connectivity index (χ0n) is 17.3. The Hall–Kier alpha value is -3.97. The van der Waals surface area contributed by atoms with Gasteiger partial charge in [-0.3, -0.25) is 10.1 Å². The molecular weight excluding hydrogens is 424 g/mol. The SMILES string of the molecule is COc1ccccc1C(=O)OCC(=O)Nc1nc(-c2ccc(-c3ccccc3)cc2)cs1. The third-order valence-electron chi connectivity index (χ3n) is 4.70. The molecular formula is C25H20N2O4S. The number of rotatable bonds is 7. The fourth-order valence-corrected chi connectivity index (χ4v) is 3.84. The third kappa shape index (κ3) is 5.01. The van der Waals surface area contributed by atoms with Crippen molar-refractivity contribution in [3.63, 3.8) is 0 Å². The number of esters is 1. The van der Waals surface area contributed by atoms with Crippen molar-refractivity contribution in [2.45, 2.75) is 0 Å². The molecule has 0 bridgehead atoms. The van der Waals surface area contributed by atoms with Crippen LogP contribution in [0.4, 0.5) is 5.13 Å². The second kappa shape index (κ2) is 9.89. The summed E-state index contributed by atoms with van der Waals surface area (Å²) in [5, 5.41) is 4.97. The van der Waals surface area contributed by atoms with E-state index < -0.39 is 18.5 Å². The Labute approximate surface area is 189 Å². The van der Waals surface area contributed by atoms with Crippen molar-refractivity contribution in [1.82, 2.24) is 4.98 Å². The molecule has 6 nitrogen and oxygen atoms in total. The van der Waals surface area contributed by atoms with Crippen LogP contribution in [0, 0.1) is 0 Å². The summed E-state index contributed by atoms with van der Waals surface area (Å²) in [6.45, 7) is -0.419. The number of thiazole rings is 1. The molecule has 7 heteroatoms. The molecule has 0 atom stereocenters. The average Bonchev–Trinajstić information content (AvgIpc) is 3.31. The van der Waals surface area contributed by atoms with Gasteiger partial charge in [0.2, 0.25) is 0 Å². The highest BCUT2D eigenvalue weighted by Crippen LogP contribution is 2.27. The largest absolute Gasteiger partial charge is 0.496 e. The molecule has 1 amide bonds. The van der Waals surface area contributed by atoms with Crippen molar-refractivity contribution in [2.75, 3.05) is 19.0 Å². The Bertz CT molecular complexity index is 1220. The lowest BCUT2D eigenvalue weighted by atomic mass is 10.0. The fourth-order valence-electron chi connectivity index (χ4n) is 3.11. The van der Waals surface area contributed by atoms with Gasteiger partial charge in [0.05, 0.1) is 12.8 Å². The van der Waals surface area contributed by atoms with Crippen LogP contribution in [0.25, 0.3) is 22.4 Å². The summed E-state index contributed by atoms with van der Waals surface area (Å²) < 4.78 is 10.2. The van der Waals surface area contributed by atoms with Crippen molar-refractivity contribution in [3.8, 4) is 28.1 Å². The van der Waals surface area contributed by atoms with Crippen LogP contribution in [0.2, 0.25) is 0 Å². The molecule has 0 radical (unpaired) electrons. The summed E-state index contributed by atoms with van der Waals surface area (Å²) in [5.74, 6) is -0.703. The number of nitrogens with one attached hydrogen (secondary N) is 1. The minimum Gasteiger partial charge on any atom is -0.496 e. The van der Waals surface area contributed by atoms with Crippen LogP contribution in [0.1, 0.15) is 10.4 Å². The Morgan fingerprint density at radius 3 is 2.28 bits per heavy atom. The van der Waals surface area contributed by atoms with Crippen LogP contribution in [0.5, 0.6) is 5.75 Å². The fraction of sp³-hybridized carbons (Fsp3) is 0.0800. The van der Waals surface area contributed by atoms with E-state index in [1.54, 1.807) is 24.3 Å². The molecule has 0 saturated heterocycles. The molecule has 4 aromatic rings. The molecule has 0 saturated carbocycles. The molecule has 0 aliphatic heterocycles. The summed E-state index contributed by atoms with van der Waals surface area (Å²) in [5.41, 5.74) is 4.24. The number of aromatic nitrogens is 1. The normalized spacial score (nSPS) is 10.4. The predicted octanol–water partition coefficient (Wildman–Crippen LogP) is 5.28. The first-order chi connectivity index (χ1) is 15.6. The molecule has 1 aromatic heterocycles. The maximum absolute atomic E-state index is 12.2. The zero-order valence-corrected chi connectivity index (χ0v) is 18.1. The number of anilines is 1. The number of benzene rings is 3. The minimum absolute atomic E-state index is 0.262. The first-order valence-corrected chi connectivity index (χ1v) is 10.7. The van der Waals surface area contributed by atoms with Crippen molar-refractivity contribution in [3.05, 3.63) is 89.8 Å². The summed E-state index contributed by atoms with van der Waals surface area (Å²) in [7, 11) is 1.47. The van der Waals surface area contributed by atoms with Gasteiger partial charge in [0.15, 0.2) is 11.7 Å². The van der Waals surface area contributed by atoms with Crippen LogP contribution in [-0.2, 0) is 9.53 Å². The molecule has 160 valence electrons. The summed E-state index contributed by atoms with van der Waals surface area (Å²) in [4.78, 5) is 28.9. The van der Waals surface area contributed by atoms with Crippen LogP contribution in [0.15, 0.2) is 84.2 Å². The van der Waals surface area contributed by atoms with E-state index in [0.29, 0.717) is 10.9 Å². The van der Waals surface area contributed by atoms with Gasteiger partial charge >= 0.3 is 5.97 Å². The van der Waals surface area contributed by atoms with E-state index in [1.807, 2.05) is 47.8 Å². The monoisotopic (exact) mass is 444 g/mol. The van der Waals surface area contributed by atoms with Gasteiger partial charge in [-0.15, -0.1) is 11.3 Å². The van der Waals surface area contributed by atoms with Crippen LogP contribution in [0.3, 0.4) is 0 Å². The zero-order chi connectivity index (χ0) is 22.3. The first-order valence-electron chi connectivity index (χ1n) is 9.85. The van der Waals surface area contributed by atoms with Gasteiger partial charge in [-0.2, -0.15) is 0 Å². The number of ether oxygens (including phenoxy) is 2. The second-order valence-electron chi connectivity index (χ2n) is 6.81. The van der Waals surface area contributed by atoms with Gasteiger partial charge in [0.25, 0.3) is 5.91 Å². The molecule has 1 N–H and O–H groups in total. The number of hydrogen-bond acceptors (Lipinski definition) is 6. The lowest BCUT2D eigenvalue weighted by Crippen LogP contribution is -2.21. The van der Waals surface area contributed by atoms with Gasteiger partial charge < -0.3 is 9.47 Å². The van der Waals surface area contributed by atoms with Crippen LogP contribution < -0.4 is 10.1 Å². The molecule has 0 aliphatic carbocycles. The van der Waals surface area contributed by atoms with E-state index in [9.17, 15) is 9.59 Å². The second-order valence-corrected chi connectivity index (χ2v) is 7.66. The smallest absolute Gasteiger partial charge is 0.342 e. The summed E-state index contributed by atoms with van der Waals surface area (Å²) in [6, 6.07) is 24.9. The lowest BCUT2D eigenvalue weighted by molar-refractivity contribution is -0.119. The summed E-state index contributed by atoms with van der Waals surface area (Å²) >= 11 is 1.31. The number of amides is 1. The van der Waals surface area contributed by atoms with E-state index in [2.05, 4.69) is 22.4 Å². The Morgan fingerprint density at radius 2 is 1.53 bits per heavy atom. The van der Waals surface area contributed by atoms with Crippen molar-refractivity contribution < 1.29 is 19.1 Å². The van der Waals surface area contributed by atoms with Gasteiger partial charge in [-0.25, -0.2) is 9.78 Å². The topological polar surface area (TPSA) is 77.5 Å². The molecule has 0 aliphatic rings. The Morgan fingerprint density at radius 1 is 0.875 bits per heavy atom. The first kappa shape index (κ1) is 21.3. The number of methoxy groups -OCH3 is 1. The maximum atomic E-state index is 12.2. The highest BCUT2D eigenvalue weighted by molar-refractivity contribution is 7.14. The Balaban J connectivity index is 1.35. The highest BCUT2D eigenvalue weighted by Gasteiger charge is 2.15. The molecule has 0 unspecified atom stereocenters. The van der Waals surface area contributed by atoms with Gasteiger partial charge in [-0.05, 0) is 23.3 Å². The standard InChI is InChI=1S/C25H20N2O4S/c1-30-22-10-6-5-9-20(22)24(29)31-15-23(28)27-25-26-21(16-32-25)19-13-11-18(12-14-19)17-7-3-2-4-8-17/h2-14,16H,15H2,1H3,(H,26,27,28).